The molecule has 0 spiro atoms. The summed E-state index contributed by atoms with van der Waals surface area (Å²) in [4.78, 5) is 0. The Kier molecular flexibility index (Phi) is 3.17. The third kappa shape index (κ3) is 2.69. The lowest BCUT2D eigenvalue weighted by atomic mass is 10.0. The van der Waals surface area contributed by atoms with E-state index < -0.39 is 15.4 Å². The minimum atomic E-state index is -3.00. The Morgan fingerprint density at radius 3 is 2.57 bits per heavy atom. The van der Waals surface area contributed by atoms with Gasteiger partial charge >= 0.3 is 0 Å². The molecular weight excluding hydrogens is 200 g/mol. The summed E-state index contributed by atoms with van der Waals surface area (Å²) >= 11 is 0. The average Bonchev–Trinajstić information content (AvgIpc) is 2.40. The van der Waals surface area contributed by atoms with Crippen molar-refractivity contribution < 1.29 is 8.42 Å². The number of rotatable bonds is 3. The molecule has 0 aromatic rings. The molecule has 0 radical (unpaired) electrons. The Labute approximate surface area is 85.2 Å². The monoisotopic (exact) mass is 216 g/mol. The van der Waals surface area contributed by atoms with Crippen LogP contribution in [0.4, 0.5) is 0 Å². The van der Waals surface area contributed by atoms with Gasteiger partial charge in [0, 0.05) is 0 Å². The van der Waals surface area contributed by atoms with Crippen molar-refractivity contribution in [2.45, 2.75) is 25.8 Å². The van der Waals surface area contributed by atoms with Gasteiger partial charge in [-0.1, -0.05) is 13.8 Å². The Morgan fingerprint density at radius 1 is 1.57 bits per heavy atom. The first kappa shape index (κ1) is 11.5. The van der Waals surface area contributed by atoms with Crippen molar-refractivity contribution in [2.24, 2.45) is 5.92 Å². The van der Waals surface area contributed by atoms with Gasteiger partial charge in [0.2, 0.25) is 0 Å². The van der Waals surface area contributed by atoms with Crippen LogP contribution in [0.2, 0.25) is 0 Å². The van der Waals surface area contributed by atoms with Gasteiger partial charge in [-0.15, -0.1) is 0 Å². The van der Waals surface area contributed by atoms with Crippen LogP contribution in [0.5, 0.6) is 0 Å². The molecule has 1 saturated heterocycles. The highest BCUT2D eigenvalue weighted by molar-refractivity contribution is 7.91. The van der Waals surface area contributed by atoms with E-state index in [-0.39, 0.29) is 11.5 Å². The molecule has 0 bridgehead atoms. The van der Waals surface area contributed by atoms with Gasteiger partial charge in [0.05, 0.1) is 17.6 Å². The second-order valence-electron chi connectivity index (χ2n) is 4.31. The highest BCUT2D eigenvalue weighted by atomic mass is 32.2. The van der Waals surface area contributed by atoms with Crippen molar-refractivity contribution >= 4 is 9.84 Å². The van der Waals surface area contributed by atoms with Gasteiger partial charge in [-0.05, 0) is 18.9 Å². The maximum atomic E-state index is 11.3. The number of hydrogen-bond acceptors (Lipinski definition) is 4. The summed E-state index contributed by atoms with van der Waals surface area (Å²) in [7, 11) is -3.00. The van der Waals surface area contributed by atoms with Crippen LogP contribution in [0.15, 0.2) is 0 Å². The normalized spacial score (nSPS) is 30.4. The molecule has 4 nitrogen and oxygen atoms in total. The molecule has 1 atom stereocenters. The minimum Gasteiger partial charge on any atom is -0.298 e. The van der Waals surface area contributed by atoms with Gasteiger partial charge in [-0.3, -0.25) is 5.32 Å². The Hall–Kier alpha value is -0.600. The van der Waals surface area contributed by atoms with E-state index >= 15 is 0 Å². The van der Waals surface area contributed by atoms with Crippen molar-refractivity contribution in [3.8, 4) is 6.07 Å². The van der Waals surface area contributed by atoms with E-state index in [2.05, 4.69) is 11.4 Å². The van der Waals surface area contributed by atoms with Crippen LogP contribution in [0.1, 0.15) is 20.3 Å². The van der Waals surface area contributed by atoms with Crippen LogP contribution in [-0.4, -0.2) is 32.0 Å². The first-order valence-electron chi connectivity index (χ1n) is 4.76. The Bertz CT molecular complexity index is 342. The average molecular weight is 216 g/mol. The van der Waals surface area contributed by atoms with Crippen LogP contribution in [0.25, 0.3) is 0 Å². The lowest BCUT2D eigenvalue weighted by molar-refractivity contribution is 0.418. The van der Waals surface area contributed by atoms with Gasteiger partial charge in [-0.2, -0.15) is 5.26 Å². The molecule has 1 heterocycles. The molecule has 5 heteroatoms. The van der Waals surface area contributed by atoms with Gasteiger partial charge < -0.3 is 0 Å². The van der Waals surface area contributed by atoms with Gasteiger partial charge in [-0.25, -0.2) is 8.42 Å². The second kappa shape index (κ2) is 3.87. The van der Waals surface area contributed by atoms with Crippen LogP contribution in [0, 0.1) is 17.2 Å². The fraction of sp³-hybridized carbons (Fsp3) is 0.889. The van der Waals surface area contributed by atoms with E-state index in [0.29, 0.717) is 18.9 Å². The summed E-state index contributed by atoms with van der Waals surface area (Å²) < 4.78 is 22.5. The van der Waals surface area contributed by atoms with E-state index in [1.807, 2.05) is 13.8 Å². The predicted molar refractivity (Wildman–Crippen MR) is 54.5 cm³/mol. The molecule has 0 aromatic heterocycles. The molecule has 0 aromatic carbocycles. The summed E-state index contributed by atoms with van der Waals surface area (Å²) in [5.74, 6) is 0.512. The SMILES string of the molecule is CC(C)CNC1(C#N)CCS(=O)(=O)C1. The molecule has 0 saturated carbocycles. The van der Waals surface area contributed by atoms with Crippen molar-refractivity contribution in [3.05, 3.63) is 0 Å². The van der Waals surface area contributed by atoms with E-state index in [0.717, 1.165) is 0 Å². The fourth-order valence-corrected chi connectivity index (χ4v) is 3.38. The zero-order valence-electron chi connectivity index (χ0n) is 8.58. The number of nitrogens with zero attached hydrogens (tertiary/aromatic N) is 1. The zero-order chi connectivity index (χ0) is 10.8. The van der Waals surface area contributed by atoms with Gasteiger partial charge in [0.25, 0.3) is 0 Å². The zero-order valence-corrected chi connectivity index (χ0v) is 9.39. The van der Waals surface area contributed by atoms with Crippen LogP contribution in [0.3, 0.4) is 0 Å². The molecule has 1 aliphatic rings. The topological polar surface area (TPSA) is 70.0 Å². The fourth-order valence-electron chi connectivity index (χ4n) is 1.52. The van der Waals surface area contributed by atoms with Gasteiger partial charge in [0.15, 0.2) is 9.84 Å². The Balaban J connectivity index is 2.67. The van der Waals surface area contributed by atoms with Crippen LogP contribution >= 0.6 is 0 Å². The molecule has 1 rings (SSSR count). The number of nitriles is 1. The van der Waals surface area contributed by atoms with E-state index in [1.165, 1.54) is 0 Å². The standard InChI is InChI=1S/C9H16N2O2S/c1-8(2)5-11-9(6-10)3-4-14(12,13)7-9/h8,11H,3-5,7H2,1-2H3. The first-order valence-corrected chi connectivity index (χ1v) is 6.58. The van der Waals surface area contributed by atoms with Crippen molar-refractivity contribution in [3.63, 3.8) is 0 Å². The van der Waals surface area contributed by atoms with Gasteiger partial charge in [0.1, 0.15) is 5.54 Å². The maximum absolute atomic E-state index is 11.3. The summed E-state index contributed by atoms with van der Waals surface area (Å²) in [6.45, 7) is 4.74. The number of hydrogen-bond donors (Lipinski definition) is 1. The summed E-state index contributed by atoms with van der Waals surface area (Å²) in [5, 5.41) is 12.0. The van der Waals surface area contributed by atoms with E-state index in [4.69, 9.17) is 5.26 Å². The quantitative estimate of drug-likeness (QED) is 0.737. The highest BCUT2D eigenvalue weighted by Gasteiger charge is 2.42. The van der Waals surface area contributed by atoms with Crippen molar-refractivity contribution in [1.29, 1.82) is 5.26 Å². The lowest BCUT2D eigenvalue weighted by Crippen LogP contribution is -2.46. The molecule has 0 amide bonds. The third-order valence-corrected chi connectivity index (χ3v) is 4.13. The number of nitrogens with one attached hydrogen (secondary N) is 1. The molecule has 1 unspecified atom stereocenters. The van der Waals surface area contributed by atoms with Crippen molar-refractivity contribution in [1.82, 2.24) is 5.32 Å². The predicted octanol–water partition coefficient (Wildman–Crippen LogP) is 0.313. The summed E-state index contributed by atoms with van der Waals surface area (Å²) in [6.07, 6.45) is 0.415. The molecule has 1 aliphatic heterocycles. The van der Waals surface area contributed by atoms with Crippen molar-refractivity contribution in [2.75, 3.05) is 18.1 Å². The summed E-state index contributed by atoms with van der Waals surface area (Å²) in [5.41, 5.74) is -0.830. The van der Waals surface area contributed by atoms with E-state index in [1.54, 1.807) is 0 Å². The van der Waals surface area contributed by atoms with E-state index in [9.17, 15) is 8.42 Å². The molecule has 1 N–H and O–H groups in total. The second-order valence-corrected chi connectivity index (χ2v) is 6.49. The van der Waals surface area contributed by atoms with Crippen LogP contribution < -0.4 is 5.32 Å². The molecule has 80 valence electrons. The maximum Gasteiger partial charge on any atom is 0.153 e. The highest BCUT2D eigenvalue weighted by Crippen LogP contribution is 2.22. The minimum absolute atomic E-state index is 0.0385. The molecule has 14 heavy (non-hydrogen) atoms. The molecule has 0 aliphatic carbocycles. The third-order valence-electron chi connectivity index (χ3n) is 2.37. The smallest absolute Gasteiger partial charge is 0.153 e. The number of sulfone groups is 1. The molecular formula is C9H16N2O2S. The molecule has 1 fully saturated rings. The summed E-state index contributed by atoms with van der Waals surface area (Å²) in [6, 6.07) is 2.10. The first-order chi connectivity index (χ1) is 6.39. The largest absolute Gasteiger partial charge is 0.298 e. The van der Waals surface area contributed by atoms with Crippen LogP contribution in [-0.2, 0) is 9.84 Å². The lowest BCUT2D eigenvalue weighted by Gasteiger charge is -2.21. The Morgan fingerprint density at radius 2 is 2.21 bits per heavy atom.